The lowest BCUT2D eigenvalue weighted by Gasteiger charge is -2.40. The fourth-order valence-corrected chi connectivity index (χ4v) is 6.49. The second-order valence-corrected chi connectivity index (χ2v) is 13.0. The van der Waals surface area contributed by atoms with Gasteiger partial charge in [0.15, 0.2) is 6.23 Å². The summed E-state index contributed by atoms with van der Waals surface area (Å²) in [5.74, 6) is 0.0393. The molecule has 4 aromatic rings. The molecule has 0 bridgehead atoms. The number of benzene rings is 2. The number of nitrogens with two attached hydrogens (primary N) is 1. The first-order valence-corrected chi connectivity index (χ1v) is 15.6. The Kier molecular flexibility index (Phi) is 7.31. The van der Waals surface area contributed by atoms with Crippen LogP contribution in [0.15, 0.2) is 78.4 Å². The van der Waals surface area contributed by atoms with E-state index in [1.165, 1.54) is 6.33 Å². The molecular weight excluding hydrogens is 584 g/mol. The maximum atomic E-state index is 13.6. The third kappa shape index (κ3) is 5.28. The second kappa shape index (κ2) is 11.4. The topological polar surface area (TPSA) is 142 Å². The van der Waals surface area contributed by atoms with Crippen molar-refractivity contribution in [2.24, 2.45) is 0 Å². The number of hydrazine groups is 1. The predicted octanol–water partition coefficient (Wildman–Crippen LogP) is 4.90. The molecule has 3 aliphatic rings. The highest BCUT2D eigenvalue weighted by molar-refractivity contribution is 6.06. The first-order valence-electron chi connectivity index (χ1n) is 15.6. The Morgan fingerprint density at radius 1 is 1.02 bits per heavy atom. The smallest absolute Gasteiger partial charge is 0.410 e. The highest BCUT2D eigenvalue weighted by Crippen LogP contribution is 2.39. The predicted molar refractivity (Wildman–Crippen MR) is 175 cm³/mol. The molecule has 0 radical (unpaired) electrons. The van der Waals surface area contributed by atoms with E-state index in [0.717, 1.165) is 53.7 Å². The molecule has 0 saturated carbocycles. The van der Waals surface area contributed by atoms with Crippen molar-refractivity contribution < 1.29 is 19.4 Å². The van der Waals surface area contributed by atoms with Crippen molar-refractivity contribution in [1.29, 1.82) is 0 Å². The third-order valence-corrected chi connectivity index (χ3v) is 8.67. The van der Waals surface area contributed by atoms with Crippen LogP contribution in [0.4, 0.5) is 22.0 Å². The van der Waals surface area contributed by atoms with Crippen molar-refractivity contribution in [3.8, 4) is 11.1 Å². The minimum Gasteiger partial charge on any atom is -0.444 e. The number of hydrogen-bond acceptors (Lipinski definition) is 9. The molecule has 238 valence electrons. The van der Waals surface area contributed by atoms with Crippen LogP contribution >= 0.6 is 0 Å². The van der Waals surface area contributed by atoms with Gasteiger partial charge in [-0.05, 0) is 69.9 Å². The lowest BCUT2D eigenvalue weighted by molar-refractivity contribution is -0.113. The average Bonchev–Trinajstić information content (AvgIpc) is 3.52. The van der Waals surface area contributed by atoms with Gasteiger partial charge in [0.2, 0.25) is 0 Å². The largest absolute Gasteiger partial charge is 0.444 e. The van der Waals surface area contributed by atoms with Gasteiger partial charge in [-0.3, -0.25) is 14.8 Å². The van der Waals surface area contributed by atoms with Crippen molar-refractivity contribution in [2.75, 3.05) is 35.7 Å². The number of para-hydroxylation sites is 1. The summed E-state index contributed by atoms with van der Waals surface area (Å²) >= 11 is 0. The summed E-state index contributed by atoms with van der Waals surface area (Å²) < 4.78 is 7.56. The van der Waals surface area contributed by atoms with Gasteiger partial charge in [0.25, 0.3) is 5.91 Å². The minimum atomic E-state index is -1.08. The maximum absolute atomic E-state index is 13.6. The SMILES string of the molecule is CC(C)(C)OC(=O)N1CC(n2cc(-c3ccc(NC(=O)C4=C5CCCCN5N(c5ccccc5)C4O)cc3)c3c(N)ncnc32)C1. The van der Waals surface area contributed by atoms with Crippen LogP contribution in [0.1, 0.15) is 46.1 Å². The van der Waals surface area contributed by atoms with Crippen LogP contribution in [-0.4, -0.2) is 73.0 Å². The Hall–Kier alpha value is -5.10. The second-order valence-electron chi connectivity index (χ2n) is 13.0. The molecule has 5 heterocycles. The Morgan fingerprint density at radius 3 is 2.48 bits per heavy atom. The number of fused-ring (bicyclic) bond motifs is 2. The minimum absolute atomic E-state index is 0.0128. The molecule has 46 heavy (non-hydrogen) atoms. The molecule has 2 amide bonds. The van der Waals surface area contributed by atoms with Gasteiger partial charge in [0.1, 0.15) is 23.4 Å². The third-order valence-electron chi connectivity index (χ3n) is 8.67. The van der Waals surface area contributed by atoms with Gasteiger partial charge in [-0.1, -0.05) is 30.3 Å². The van der Waals surface area contributed by atoms with Gasteiger partial charge in [-0.25, -0.2) is 14.8 Å². The number of rotatable bonds is 5. The number of nitrogen functional groups attached to an aromatic ring is 1. The number of carbonyl (C=O) groups is 2. The summed E-state index contributed by atoms with van der Waals surface area (Å²) in [5.41, 5.74) is 10.9. The summed E-state index contributed by atoms with van der Waals surface area (Å²) in [6.45, 7) is 7.29. The van der Waals surface area contributed by atoms with Crippen LogP contribution in [0.25, 0.3) is 22.2 Å². The number of aliphatic hydroxyl groups excluding tert-OH is 1. The number of nitrogens with zero attached hydrogens (tertiary/aromatic N) is 6. The van der Waals surface area contributed by atoms with Crippen molar-refractivity contribution in [2.45, 2.75) is 57.9 Å². The molecule has 0 aliphatic carbocycles. The Balaban J connectivity index is 1.11. The van der Waals surface area contributed by atoms with Gasteiger partial charge in [-0.15, -0.1) is 0 Å². The number of amides is 2. The average molecular weight is 623 g/mol. The summed E-state index contributed by atoms with van der Waals surface area (Å²) in [5, 5.41) is 19.0. The fraction of sp³-hybridized carbons (Fsp3) is 0.353. The van der Waals surface area contributed by atoms with E-state index in [0.29, 0.717) is 35.8 Å². The zero-order valence-corrected chi connectivity index (χ0v) is 26.2. The van der Waals surface area contributed by atoms with Crippen molar-refractivity contribution in [3.05, 3.63) is 78.4 Å². The van der Waals surface area contributed by atoms with E-state index in [-0.39, 0.29) is 18.0 Å². The fourth-order valence-electron chi connectivity index (χ4n) is 6.49. The van der Waals surface area contributed by atoms with E-state index >= 15 is 0 Å². The summed E-state index contributed by atoms with van der Waals surface area (Å²) in [7, 11) is 0. The molecule has 0 spiro atoms. The van der Waals surface area contributed by atoms with E-state index in [1.54, 1.807) is 4.90 Å². The van der Waals surface area contributed by atoms with Crippen molar-refractivity contribution in [1.82, 2.24) is 24.4 Å². The van der Waals surface area contributed by atoms with Crippen LogP contribution in [0, 0.1) is 0 Å². The van der Waals surface area contributed by atoms with E-state index in [9.17, 15) is 14.7 Å². The number of hydrogen-bond donors (Lipinski definition) is 3. The number of allylic oxidation sites excluding steroid dienone is 1. The number of aromatic nitrogens is 3. The Morgan fingerprint density at radius 2 is 1.76 bits per heavy atom. The van der Waals surface area contributed by atoms with E-state index in [4.69, 9.17) is 10.5 Å². The summed E-state index contributed by atoms with van der Waals surface area (Å²) in [6.07, 6.45) is 4.71. The highest BCUT2D eigenvalue weighted by atomic mass is 16.6. The number of anilines is 3. The van der Waals surface area contributed by atoms with Crippen molar-refractivity contribution >= 4 is 40.2 Å². The summed E-state index contributed by atoms with van der Waals surface area (Å²) in [6, 6.07) is 17.2. The molecular formula is C34H38N8O4. The number of carbonyl (C=O) groups excluding carboxylic acids is 2. The van der Waals surface area contributed by atoms with Gasteiger partial charge in [0.05, 0.1) is 22.7 Å². The Labute approximate surface area is 267 Å². The molecule has 3 aliphatic heterocycles. The van der Waals surface area contributed by atoms with E-state index < -0.39 is 11.8 Å². The first kappa shape index (κ1) is 29.6. The van der Waals surface area contributed by atoms with Gasteiger partial charge < -0.3 is 30.4 Å². The summed E-state index contributed by atoms with van der Waals surface area (Å²) in [4.78, 5) is 36.6. The molecule has 7 rings (SSSR count). The molecule has 2 aromatic heterocycles. The molecule has 1 unspecified atom stereocenters. The lowest BCUT2D eigenvalue weighted by atomic mass is 10.0. The van der Waals surface area contributed by atoms with Crippen LogP contribution in [-0.2, 0) is 9.53 Å². The van der Waals surface area contributed by atoms with Crippen LogP contribution in [0.2, 0.25) is 0 Å². The number of likely N-dealkylation sites (tertiary alicyclic amines) is 1. The number of aliphatic hydroxyl groups is 1. The molecule has 4 N–H and O–H groups in total. The standard InChI is InChI=1S/C34H38N8O4/c1-34(2,3)46-33(45)39-17-24(18-39)40-19-25(27-29(35)36-20-37-30(27)40)21-12-14-22(15-13-21)38-31(43)28-26-11-7-8-16-41(26)42(32(28)44)23-9-5-4-6-10-23/h4-6,9-10,12-15,19-20,24,32,44H,7-8,11,16-18H2,1-3H3,(H,38,43)(H2,35,36,37). The quantitative estimate of drug-likeness (QED) is 0.283. The van der Waals surface area contributed by atoms with Gasteiger partial charge >= 0.3 is 6.09 Å². The molecule has 1 atom stereocenters. The van der Waals surface area contributed by atoms with E-state index in [1.807, 2.05) is 96.2 Å². The van der Waals surface area contributed by atoms with Crippen LogP contribution in [0.3, 0.4) is 0 Å². The van der Waals surface area contributed by atoms with Crippen molar-refractivity contribution in [3.63, 3.8) is 0 Å². The monoisotopic (exact) mass is 622 g/mol. The highest BCUT2D eigenvalue weighted by Gasteiger charge is 2.42. The normalized spacial score (nSPS) is 18.5. The molecule has 2 fully saturated rings. The number of ether oxygens (including phenoxy) is 1. The van der Waals surface area contributed by atoms with Gasteiger partial charge in [-0.2, -0.15) is 0 Å². The zero-order chi connectivity index (χ0) is 32.2. The first-order chi connectivity index (χ1) is 22.1. The molecule has 12 nitrogen and oxygen atoms in total. The Bertz CT molecular complexity index is 1820. The van der Waals surface area contributed by atoms with Crippen LogP contribution < -0.4 is 16.1 Å². The molecule has 2 aromatic carbocycles. The molecule has 2 saturated heterocycles. The maximum Gasteiger partial charge on any atom is 0.410 e. The lowest BCUT2D eigenvalue weighted by Crippen LogP contribution is -2.52. The van der Waals surface area contributed by atoms with E-state index in [2.05, 4.69) is 15.3 Å². The number of piperidine rings is 1. The zero-order valence-electron chi connectivity index (χ0n) is 26.2. The molecule has 12 heteroatoms. The van der Waals surface area contributed by atoms with Crippen LogP contribution in [0.5, 0.6) is 0 Å². The van der Waals surface area contributed by atoms with Gasteiger partial charge in [0, 0.05) is 42.8 Å². The number of nitrogens with one attached hydrogen (secondary N) is 1.